The second-order valence-electron chi connectivity index (χ2n) is 8.25. The molecule has 6 nitrogen and oxygen atoms in total. The highest BCUT2D eigenvalue weighted by atomic mass is 35.5. The predicted octanol–water partition coefficient (Wildman–Crippen LogP) is 6.08. The van der Waals surface area contributed by atoms with Gasteiger partial charge in [-0.05, 0) is 60.5 Å². The summed E-state index contributed by atoms with van der Waals surface area (Å²) in [4.78, 5) is 9.88. The molecule has 0 amide bonds. The van der Waals surface area contributed by atoms with Crippen LogP contribution >= 0.6 is 22.9 Å². The van der Waals surface area contributed by atoms with Crippen LogP contribution in [0.5, 0.6) is 5.75 Å². The van der Waals surface area contributed by atoms with Gasteiger partial charge in [0.2, 0.25) is 0 Å². The van der Waals surface area contributed by atoms with E-state index in [4.69, 9.17) is 21.4 Å². The number of rotatable bonds is 10. The Morgan fingerprint density at radius 1 is 1.00 bits per heavy atom. The fourth-order valence-corrected chi connectivity index (χ4v) is 5.30. The summed E-state index contributed by atoms with van der Waals surface area (Å²) < 4.78 is 20.3. The molecule has 0 aliphatic heterocycles. The summed E-state index contributed by atoms with van der Waals surface area (Å²) in [5.74, 6) is 0.916. The van der Waals surface area contributed by atoms with E-state index in [9.17, 15) is 4.39 Å². The van der Waals surface area contributed by atoms with Gasteiger partial charge in [0, 0.05) is 22.3 Å². The molecule has 0 atom stereocenters. The lowest BCUT2D eigenvalue weighted by Gasteiger charge is -2.11. The summed E-state index contributed by atoms with van der Waals surface area (Å²) in [6, 6.07) is 18.1. The maximum atomic E-state index is 13.4. The second-order valence-corrected chi connectivity index (χ2v) is 9.69. The molecule has 36 heavy (non-hydrogen) atoms. The molecule has 2 heterocycles. The van der Waals surface area contributed by atoms with Gasteiger partial charge in [0.25, 0.3) is 0 Å². The number of hydrogen-bond acceptors (Lipinski definition) is 7. The van der Waals surface area contributed by atoms with E-state index < -0.39 is 0 Å². The fraction of sp³-hybridized carbons (Fsp3) is 0.185. The van der Waals surface area contributed by atoms with Crippen LogP contribution in [0.25, 0.3) is 20.3 Å². The zero-order chi connectivity index (χ0) is 24.9. The molecule has 3 N–H and O–H groups in total. The Labute approximate surface area is 216 Å². The Hall–Kier alpha value is -3.30. The Morgan fingerprint density at radius 2 is 1.92 bits per heavy atom. The van der Waals surface area contributed by atoms with Crippen molar-refractivity contribution in [3.63, 3.8) is 0 Å². The lowest BCUT2D eigenvalue weighted by Crippen LogP contribution is -2.20. The monoisotopic (exact) mass is 522 g/mol. The Balaban J connectivity index is 1.34. The lowest BCUT2D eigenvalue weighted by atomic mass is 10.1. The highest BCUT2D eigenvalue weighted by Crippen LogP contribution is 2.38. The molecule has 0 saturated heterocycles. The van der Waals surface area contributed by atoms with Crippen molar-refractivity contribution < 1.29 is 14.2 Å². The maximum absolute atomic E-state index is 13.4. The molecule has 0 unspecified atom stereocenters. The van der Waals surface area contributed by atoms with Gasteiger partial charge >= 0.3 is 0 Å². The third-order valence-electron chi connectivity index (χ3n) is 5.69. The minimum Gasteiger partial charge on any atom is -0.487 e. The number of aliphatic hydroxyl groups excluding tert-OH is 1. The van der Waals surface area contributed by atoms with Crippen LogP contribution in [0.3, 0.4) is 0 Å². The van der Waals surface area contributed by atoms with Crippen LogP contribution in [0.1, 0.15) is 11.1 Å². The smallest absolute Gasteiger partial charge is 0.143 e. The van der Waals surface area contributed by atoms with Gasteiger partial charge in [-0.1, -0.05) is 35.9 Å². The van der Waals surface area contributed by atoms with Gasteiger partial charge in [-0.25, -0.2) is 14.4 Å². The third kappa shape index (κ3) is 5.57. The first-order chi connectivity index (χ1) is 17.6. The Kier molecular flexibility index (Phi) is 7.58. The number of aliphatic hydroxyl groups is 1. The normalized spacial score (nSPS) is 11.3. The summed E-state index contributed by atoms with van der Waals surface area (Å²) in [6.45, 7) is 1.77. The largest absolute Gasteiger partial charge is 0.487 e. The van der Waals surface area contributed by atoms with Crippen molar-refractivity contribution in [2.24, 2.45) is 0 Å². The molecule has 9 heteroatoms. The summed E-state index contributed by atoms with van der Waals surface area (Å²) in [5.41, 5.74) is 2.72. The van der Waals surface area contributed by atoms with Gasteiger partial charge in [-0.15, -0.1) is 11.3 Å². The Morgan fingerprint density at radius 3 is 2.75 bits per heavy atom. The van der Waals surface area contributed by atoms with Crippen LogP contribution in [-0.4, -0.2) is 34.8 Å². The van der Waals surface area contributed by atoms with Crippen LogP contribution in [-0.2, 0) is 13.0 Å². The van der Waals surface area contributed by atoms with E-state index in [1.165, 1.54) is 17.7 Å². The van der Waals surface area contributed by atoms with Crippen LogP contribution in [0.15, 0.2) is 67.0 Å². The maximum Gasteiger partial charge on any atom is 0.143 e. The van der Waals surface area contributed by atoms with Crippen LogP contribution < -0.4 is 15.4 Å². The van der Waals surface area contributed by atoms with Crippen molar-refractivity contribution in [1.82, 2.24) is 15.3 Å². The molecule has 0 bridgehead atoms. The van der Waals surface area contributed by atoms with Crippen LogP contribution in [0.4, 0.5) is 15.9 Å². The minimum atomic E-state index is -0.301. The number of thiophene rings is 1. The summed E-state index contributed by atoms with van der Waals surface area (Å²) >= 11 is 8.11. The number of fused-ring (bicyclic) bond motifs is 3. The molecule has 2 aromatic heterocycles. The molecule has 5 aromatic rings. The Bertz CT molecular complexity index is 1510. The number of halogens is 2. The minimum absolute atomic E-state index is 0.139. The van der Waals surface area contributed by atoms with E-state index in [0.29, 0.717) is 23.1 Å². The first-order valence-corrected chi connectivity index (χ1v) is 12.7. The molecule has 5 rings (SSSR count). The van der Waals surface area contributed by atoms with E-state index in [1.54, 1.807) is 41.9 Å². The predicted molar refractivity (Wildman–Crippen MR) is 144 cm³/mol. The van der Waals surface area contributed by atoms with Crippen molar-refractivity contribution in [2.75, 3.05) is 25.0 Å². The number of aromatic nitrogens is 2. The summed E-state index contributed by atoms with van der Waals surface area (Å²) in [5, 5.41) is 18.0. The molecule has 3 aromatic carbocycles. The SMILES string of the molecule is OCCNCCc1ccc2c(c1)sc1ncnc(Nc3ccc(OCc4cccc(F)c4)c(Cl)c3)c12. The number of hydrogen-bond donors (Lipinski definition) is 3. The third-order valence-corrected chi connectivity index (χ3v) is 7.05. The highest BCUT2D eigenvalue weighted by molar-refractivity contribution is 7.25. The van der Waals surface area contributed by atoms with Crippen molar-refractivity contribution in [3.05, 3.63) is 89.0 Å². The average molecular weight is 523 g/mol. The van der Waals surface area contributed by atoms with Crippen LogP contribution in [0.2, 0.25) is 5.02 Å². The fourth-order valence-electron chi connectivity index (χ4n) is 3.96. The molecule has 0 spiro atoms. The lowest BCUT2D eigenvalue weighted by molar-refractivity contribution is 0.293. The standard InChI is InChI=1S/C27H24ClFN4O2S/c28-22-14-20(5-7-23(22)35-15-18-2-1-3-19(29)12-18)33-26-25-21-6-4-17(8-9-30-10-11-34)13-24(21)36-27(25)32-16-31-26/h1-7,12-14,16,30,34H,8-11,15H2,(H,31,32,33). The number of nitrogens with zero attached hydrogens (tertiary/aromatic N) is 2. The van der Waals surface area contributed by atoms with Crippen LogP contribution in [0, 0.1) is 5.82 Å². The quantitative estimate of drug-likeness (QED) is 0.193. The molecular formula is C27H24ClFN4O2S. The van der Waals surface area contributed by atoms with Gasteiger partial charge in [0.15, 0.2) is 0 Å². The molecule has 0 aliphatic rings. The van der Waals surface area contributed by atoms with E-state index >= 15 is 0 Å². The molecule has 0 aliphatic carbocycles. The molecule has 0 saturated carbocycles. The average Bonchev–Trinajstić information content (AvgIpc) is 3.25. The zero-order valence-corrected chi connectivity index (χ0v) is 20.9. The van der Waals surface area contributed by atoms with Crippen molar-refractivity contribution in [3.8, 4) is 5.75 Å². The summed E-state index contributed by atoms with van der Waals surface area (Å²) in [7, 11) is 0. The van der Waals surface area contributed by atoms with Gasteiger partial charge in [-0.3, -0.25) is 0 Å². The van der Waals surface area contributed by atoms with E-state index in [2.05, 4.69) is 38.8 Å². The van der Waals surface area contributed by atoms with Gasteiger partial charge in [-0.2, -0.15) is 0 Å². The van der Waals surface area contributed by atoms with E-state index in [-0.39, 0.29) is 19.0 Å². The zero-order valence-electron chi connectivity index (χ0n) is 19.3. The number of benzene rings is 3. The van der Waals surface area contributed by atoms with E-state index in [0.717, 1.165) is 44.5 Å². The van der Waals surface area contributed by atoms with Gasteiger partial charge < -0.3 is 20.5 Å². The highest BCUT2D eigenvalue weighted by Gasteiger charge is 2.13. The van der Waals surface area contributed by atoms with Gasteiger partial charge in [0.05, 0.1) is 17.0 Å². The van der Waals surface area contributed by atoms with E-state index in [1.807, 2.05) is 6.07 Å². The number of anilines is 2. The summed E-state index contributed by atoms with van der Waals surface area (Å²) in [6.07, 6.45) is 2.44. The first-order valence-electron chi connectivity index (χ1n) is 11.5. The number of ether oxygens (including phenoxy) is 1. The molecule has 0 fully saturated rings. The number of nitrogens with one attached hydrogen (secondary N) is 2. The van der Waals surface area contributed by atoms with Crippen molar-refractivity contribution >= 4 is 54.7 Å². The second kappa shape index (κ2) is 11.2. The molecule has 0 radical (unpaired) electrons. The molecule has 184 valence electrons. The molecular weight excluding hydrogens is 499 g/mol. The van der Waals surface area contributed by atoms with Crippen molar-refractivity contribution in [2.45, 2.75) is 13.0 Å². The van der Waals surface area contributed by atoms with Crippen molar-refractivity contribution in [1.29, 1.82) is 0 Å². The van der Waals surface area contributed by atoms with Gasteiger partial charge in [0.1, 0.15) is 35.1 Å². The topological polar surface area (TPSA) is 79.3 Å². The first kappa shape index (κ1) is 24.4.